The second kappa shape index (κ2) is 4.96. The van der Waals surface area contributed by atoms with Gasteiger partial charge in [0, 0.05) is 5.54 Å². The van der Waals surface area contributed by atoms with E-state index in [9.17, 15) is 8.78 Å². The highest BCUT2D eigenvalue weighted by molar-refractivity contribution is 5.22. The van der Waals surface area contributed by atoms with Gasteiger partial charge in [0.25, 0.3) is 0 Å². The number of hydrogen-bond donors (Lipinski definition) is 1. The van der Waals surface area contributed by atoms with Crippen LogP contribution < -0.4 is 5.73 Å². The summed E-state index contributed by atoms with van der Waals surface area (Å²) in [6.07, 6.45) is 3.43. The van der Waals surface area contributed by atoms with Crippen molar-refractivity contribution >= 4 is 0 Å². The van der Waals surface area contributed by atoms with Crippen molar-refractivity contribution in [3.05, 3.63) is 35.4 Å². The topological polar surface area (TPSA) is 26.0 Å². The first-order valence-electron chi connectivity index (χ1n) is 6.63. The summed E-state index contributed by atoms with van der Waals surface area (Å²) in [7, 11) is 0. The molecule has 0 aromatic heterocycles. The summed E-state index contributed by atoms with van der Waals surface area (Å²) in [6, 6.07) is 3.60. The van der Waals surface area contributed by atoms with E-state index in [1.54, 1.807) is 0 Å². The molecule has 0 saturated heterocycles. The summed E-state index contributed by atoms with van der Waals surface area (Å²) in [4.78, 5) is 0. The summed E-state index contributed by atoms with van der Waals surface area (Å²) < 4.78 is 26.9. The van der Waals surface area contributed by atoms with Crippen LogP contribution in [0, 0.1) is 23.5 Å². The molecule has 0 amide bonds. The average molecular weight is 253 g/mol. The van der Waals surface area contributed by atoms with Crippen molar-refractivity contribution in [1.29, 1.82) is 0 Å². The van der Waals surface area contributed by atoms with Crippen LogP contribution in [0.15, 0.2) is 18.2 Å². The molecule has 1 aliphatic carbocycles. The Morgan fingerprint density at radius 2 is 2.06 bits per heavy atom. The van der Waals surface area contributed by atoms with Gasteiger partial charge in [-0.15, -0.1) is 0 Å². The van der Waals surface area contributed by atoms with Crippen molar-refractivity contribution in [2.45, 2.75) is 45.1 Å². The Morgan fingerprint density at radius 3 is 2.72 bits per heavy atom. The molecule has 1 nitrogen and oxygen atoms in total. The van der Waals surface area contributed by atoms with Gasteiger partial charge >= 0.3 is 0 Å². The van der Waals surface area contributed by atoms with Crippen molar-refractivity contribution < 1.29 is 8.78 Å². The predicted octanol–water partition coefficient (Wildman–Crippen LogP) is 3.66. The van der Waals surface area contributed by atoms with Crippen molar-refractivity contribution in [2.75, 3.05) is 0 Å². The quantitative estimate of drug-likeness (QED) is 0.855. The van der Waals surface area contributed by atoms with Crippen LogP contribution in [0.25, 0.3) is 0 Å². The van der Waals surface area contributed by atoms with Gasteiger partial charge in [0.1, 0.15) is 11.6 Å². The lowest BCUT2D eigenvalue weighted by molar-refractivity contribution is 0.162. The molecule has 2 N–H and O–H groups in total. The first-order valence-corrected chi connectivity index (χ1v) is 6.63. The van der Waals surface area contributed by atoms with E-state index in [-0.39, 0.29) is 5.82 Å². The maximum absolute atomic E-state index is 13.7. The van der Waals surface area contributed by atoms with E-state index in [4.69, 9.17) is 5.73 Å². The number of rotatable bonds is 2. The molecule has 3 atom stereocenters. The molecule has 0 radical (unpaired) electrons. The number of nitrogens with two attached hydrogens (primary N) is 1. The van der Waals surface area contributed by atoms with E-state index >= 15 is 0 Å². The maximum Gasteiger partial charge on any atom is 0.126 e. The van der Waals surface area contributed by atoms with Crippen molar-refractivity contribution in [2.24, 2.45) is 17.6 Å². The Hall–Kier alpha value is -0.960. The van der Waals surface area contributed by atoms with Crippen LogP contribution in [0.5, 0.6) is 0 Å². The zero-order valence-corrected chi connectivity index (χ0v) is 11.0. The Bertz CT molecular complexity index is 433. The fraction of sp³-hybridized carbons (Fsp3) is 0.600. The van der Waals surface area contributed by atoms with Gasteiger partial charge in [-0.1, -0.05) is 13.8 Å². The van der Waals surface area contributed by atoms with Crippen LogP contribution >= 0.6 is 0 Å². The molecule has 3 heteroatoms. The van der Waals surface area contributed by atoms with E-state index in [0.29, 0.717) is 23.8 Å². The van der Waals surface area contributed by atoms with Crippen LogP contribution in [0.1, 0.15) is 38.7 Å². The zero-order valence-electron chi connectivity index (χ0n) is 11.0. The highest BCUT2D eigenvalue weighted by Gasteiger charge is 2.37. The molecule has 1 aliphatic rings. The van der Waals surface area contributed by atoms with Crippen molar-refractivity contribution in [3.63, 3.8) is 0 Å². The first-order chi connectivity index (χ1) is 8.40. The number of benzene rings is 1. The molecule has 3 unspecified atom stereocenters. The van der Waals surface area contributed by atoms with Crippen molar-refractivity contribution in [3.8, 4) is 0 Å². The second-order valence-electron chi connectivity index (χ2n) is 5.93. The molecule has 0 heterocycles. The number of halogens is 2. The SMILES string of the molecule is CC1CCC(N)(Cc2cc(F)ccc2F)C(C)C1. The molecule has 0 bridgehead atoms. The third-order valence-electron chi connectivity index (χ3n) is 4.37. The van der Waals surface area contributed by atoms with Gasteiger partial charge in [0.15, 0.2) is 0 Å². The Kier molecular flexibility index (Phi) is 3.71. The normalized spacial score (nSPS) is 32.5. The minimum absolute atomic E-state index is 0.337. The van der Waals surface area contributed by atoms with E-state index in [1.807, 2.05) is 0 Å². The Balaban J connectivity index is 2.19. The second-order valence-corrected chi connectivity index (χ2v) is 5.93. The minimum atomic E-state index is -0.402. The molecule has 1 fully saturated rings. The summed E-state index contributed by atoms with van der Waals surface area (Å²) in [5.41, 5.74) is 6.43. The lowest BCUT2D eigenvalue weighted by Crippen LogP contribution is -2.51. The fourth-order valence-corrected chi connectivity index (χ4v) is 3.01. The third kappa shape index (κ3) is 2.72. The molecule has 0 aliphatic heterocycles. The van der Waals surface area contributed by atoms with Gasteiger partial charge in [-0.2, -0.15) is 0 Å². The van der Waals surface area contributed by atoms with E-state index in [0.717, 1.165) is 25.3 Å². The smallest absolute Gasteiger partial charge is 0.126 e. The number of hydrogen-bond acceptors (Lipinski definition) is 1. The summed E-state index contributed by atoms with van der Waals surface area (Å²) in [5.74, 6) is 0.261. The van der Waals surface area contributed by atoms with Gasteiger partial charge < -0.3 is 5.73 Å². The molecule has 2 rings (SSSR count). The molecular weight excluding hydrogens is 232 g/mol. The predicted molar refractivity (Wildman–Crippen MR) is 69.2 cm³/mol. The standard InChI is InChI=1S/C15H21F2N/c1-10-5-6-15(18,11(2)7-10)9-12-8-13(16)3-4-14(12)17/h3-4,8,10-11H,5-7,9,18H2,1-2H3. The molecule has 0 spiro atoms. The lowest BCUT2D eigenvalue weighted by atomic mass is 9.68. The summed E-state index contributed by atoms with van der Waals surface area (Å²) >= 11 is 0. The van der Waals surface area contributed by atoms with E-state index in [2.05, 4.69) is 13.8 Å². The van der Waals surface area contributed by atoms with E-state index in [1.165, 1.54) is 12.1 Å². The molecule has 100 valence electrons. The van der Waals surface area contributed by atoms with Crippen molar-refractivity contribution in [1.82, 2.24) is 0 Å². The van der Waals surface area contributed by atoms with Gasteiger partial charge in [-0.3, -0.25) is 0 Å². The average Bonchev–Trinajstić information content (AvgIpc) is 2.30. The van der Waals surface area contributed by atoms with Crippen LogP contribution in [-0.2, 0) is 6.42 Å². The Labute approximate surface area is 107 Å². The van der Waals surface area contributed by atoms with Gasteiger partial charge in [-0.25, -0.2) is 8.78 Å². The molecule has 1 aromatic carbocycles. The van der Waals surface area contributed by atoms with Crippen LogP contribution in [0.2, 0.25) is 0 Å². The van der Waals surface area contributed by atoms with Gasteiger partial charge in [0.2, 0.25) is 0 Å². The molecule has 1 aromatic rings. The molecule has 1 saturated carbocycles. The van der Waals surface area contributed by atoms with Crippen LogP contribution in [-0.4, -0.2) is 5.54 Å². The maximum atomic E-state index is 13.7. The fourth-order valence-electron chi connectivity index (χ4n) is 3.01. The highest BCUT2D eigenvalue weighted by atomic mass is 19.1. The first kappa shape index (κ1) is 13.5. The van der Waals surface area contributed by atoms with E-state index < -0.39 is 11.4 Å². The van der Waals surface area contributed by atoms with Gasteiger partial charge in [-0.05, 0) is 61.3 Å². The molecule has 18 heavy (non-hydrogen) atoms. The lowest BCUT2D eigenvalue weighted by Gasteiger charge is -2.42. The third-order valence-corrected chi connectivity index (χ3v) is 4.37. The summed E-state index contributed by atoms with van der Waals surface area (Å²) in [5, 5.41) is 0. The monoisotopic (exact) mass is 253 g/mol. The summed E-state index contributed by atoms with van der Waals surface area (Å²) in [6.45, 7) is 4.34. The largest absolute Gasteiger partial charge is 0.325 e. The van der Waals surface area contributed by atoms with Gasteiger partial charge in [0.05, 0.1) is 0 Å². The molecular formula is C15H21F2N. The minimum Gasteiger partial charge on any atom is -0.325 e. The zero-order chi connectivity index (χ0) is 13.3. The highest BCUT2D eigenvalue weighted by Crippen LogP contribution is 2.37. The Morgan fingerprint density at radius 1 is 1.33 bits per heavy atom. The van der Waals surface area contributed by atoms with Crippen LogP contribution in [0.3, 0.4) is 0 Å². The van der Waals surface area contributed by atoms with Crippen LogP contribution in [0.4, 0.5) is 8.78 Å².